The van der Waals surface area contributed by atoms with Crippen molar-refractivity contribution in [2.75, 3.05) is 25.0 Å². The van der Waals surface area contributed by atoms with Crippen LogP contribution in [0.5, 0.6) is 0 Å². The molecule has 33 heavy (non-hydrogen) atoms. The topological polar surface area (TPSA) is 114 Å². The van der Waals surface area contributed by atoms with Crippen molar-refractivity contribution in [3.8, 4) is 0 Å². The van der Waals surface area contributed by atoms with E-state index in [1.54, 1.807) is 12.1 Å². The van der Waals surface area contributed by atoms with Crippen molar-refractivity contribution in [3.05, 3.63) is 63.6 Å². The molecular formula is C23H25Cl2N3O5. The lowest BCUT2D eigenvalue weighted by Crippen LogP contribution is -2.39. The first-order valence-electron chi connectivity index (χ1n) is 10.0. The Labute approximate surface area is 202 Å². The van der Waals surface area contributed by atoms with Crippen molar-refractivity contribution in [2.45, 2.75) is 26.2 Å². The minimum Gasteiger partial charge on any atom is -0.454 e. The van der Waals surface area contributed by atoms with Crippen LogP contribution in [-0.4, -0.2) is 43.4 Å². The Morgan fingerprint density at radius 3 is 2.15 bits per heavy atom. The molecule has 3 N–H and O–H groups in total. The Balaban J connectivity index is 1.68. The summed E-state index contributed by atoms with van der Waals surface area (Å²) >= 11 is 11.7. The normalized spacial score (nSPS) is 10.8. The molecule has 0 bridgehead atoms. The van der Waals surface area contributed by atoms with Crippen LogP contribution in [0.2, 0.25) is 10.0 Å². The summed E-state index contributed by atoms with van der Waals surface area (Å²) in [6.45, 7) is 4.92. The zero-order valence-corrected chi connectivity index (χ0v) is 20.0. The van der Waals surface area contributed by atoms with E-state index in [0.717, 1.165) is 5.56 Å². The maximum Gasteiger partial charge on any atom is 0.325 e. The van der Waals surface area contributed by atoms with Gasteiger partial charge in [-0.15, -0.1) is 0 Å². The summed E-state index contributed by atoms with van der Waals surface area (Å²) in [4.78, 5) is 47.6. The zero-order valence-electron chi connectivity index (χ0n) is 18.5. The second-order valence-corrected chi connectivity index (χ2v) is 8.96. The van der Waals surface area contributed by atoms with Crippen molar-refractivity contribution in [3.63, 3.8) is 0 Å². The molecule has 0 unspecified atom stereocenters. The fraction of sp³-hybridized carbons (Fsp3) is 0.304. The highest BCUT2D eigenvalue weighted by molar-refractivity contribution is 6.36. The SMILES string of the molecule is CC(C)(C)c1ccc(NC(=O)COC(=O)CNC(=O)CNC(=O)c2ccc(Cl)cc2Cl)cc1. The number of halogens is 2. The lowest BCUT2D eigenvalue weighted by Gasteiger charge is -2.19. The fourth-order valence-electron chi connectivity index (χ4n) is 2.61. The van der Waals surface area contributed by atoms with Gasteiger partial charge in [0.2, 0.25) is 5.91 Å². The van der Waals surface area contributed by atoms with Gasteiger partial charge < -0.3 is 20.7 Å². The molecule has 2 aromatic rings. The number of hydrogen-bond acceptors (Lipinski definition) is 5. The molecule has 2 aromatic carbocycles. The minimum atomic E-state index is -0.798. The summed E-state index contributed by atoms with van der Waals surface area (Å²) < 4.78 is 4.84. The van der Waals surface area contributed by atoms with Crippen LogP contribution in [0.1, 0.15) is 36.7 Å². The van der Waals surface area contributed by atoms with Gasteiger partial charge in [0.05, 0.1) is 17.1 Å². The molecule has 0 aliphatic carbocycles. The van der Waals surface area contributed by atoms with Gasteiger partial charge in [-0.2, -0.15) is 0 Å². The summed E-state index contributed by atoms with van der Waals surface area (Å²) in [5.41, 5.74) is 1.85. The van der Waals surface area contributed by atoms with Crippen molar-refractivity contribution >= 4 is 52.6 Å². The van der Waals surface area contributed by atoms with E-state index in [9.17, 15) is 19.2 Å². The summed E-state index contributed by atoms with van der Waals surface area (Å²) in [5.74, 6) is -2.49. The largest absolute Gasteiger partial charge is 0.454 e. The molecule has 0 aliphatic rings. The van der Waals surface area contributed by atoms with Crippen molar-refractivity contribution in [1.82, 2.24) is 10.6 Å². The predicted molar refractivity (Wildman–Crippen MR) is 127 cm³/mol. The van der Waals surface area contributed by atoms with Gasteiger partial charge in [-0.05, 0) is 41.3 Å². The first-order valence-corrected chi connectivity index (χ1v) is 10.8. The molecule has 8 nitrogen and oxygen atoms in total. The molecule has 0 heterocycles. The monoisotopic (exact) mass is 493 g/mol. The smallest absolute Gasteiger partial charge is 0.325 e. The molecule has 0 spiro atoms. The van der Waals surface area contributed by atoms with Gasteiger partial charge in [0.1, 0.15) is 6.54 Å². The standard InChI is InChI=1S/C23H25Cl2N3O5/c1-23(2,3)14-4-7-16(8-5-14)28-20(30)13-33-21(31)12-26-19(29)11-27-22(32)17-9-6-15(24)10-18(17)25/h4-10H,11-13H2,1-3H3,(H,26,29)(H,27,32)(H,28,30). The molecule has 0 radical (unpaired) electrons. The molecule has 0 aromatic heterocycles. The summed E-state index contributed by atoms with van der Waals surface area (Å²) in [5, 5.41) is 7.82. The third-order valence-corrected chi connectivity index (χ3v) is 4.96. The summed E-state index contributed by atoms with van der Waals surface area (Å²) in [6, 6.07) is 11.7. The first-order chi connectivity index (χ1) is 15.5. The second-order valence-electron chi connectivity index (χ2n) is 8.12. The Hall–Kier alpha value is -3.10. The Kier molecular flexibility index (Phi) is 9.25. The molecule has 3 amide bonds. The van der Waals surface area contributed by atoms with Crippen LogP contribution in [-0.2, 0) is 24.5 Å². The van der Waals surface area contributed by atoms with E-state index in [-0.39, 0.29) is 22.5 Å². The summed E-state index contributed by atoms with van der Waals surface area (Å²) in [6.07, 6.45) is 0. The minimum absolute atomic E-state index is 0.00575. The zero-order chi connectivity index (χ0) is 24.6. The first kappa shape index (κ1) is 26.2. The highest BCUT2D eigenvalue weighted by Gasteiger charge is 2.15. The van der Waals surface area contributed by atoms with Crippen LogP contribution in [0.3, 0.4) is 0 Å². The van der Waals surface area contributed by atoms with E-state index < -0.39 is 36.8 Å². The second kappa shape index (κ2) is 11.7. The van der Waals surface area contributed by atoms with Gasteiger partial charge in [-0.3, -0.25) is 19.2 Å². The van der Waals surface area contributed by atoms with Crippen LogP contribution in [0, 0.1) is 0 Å². The van der Waals surface area contributed by atoms with E-state index in [1.807, 2.05) is 12.1 Å². The number of ether oxygens (including phenoxy) is 1. The van der Waals surface area contributed by atoms with Crippen LogP contribution in [0.15, 0.2) is 42.5 Å². The number of anilines is 1. The lowest BCUT2D eigenvalue weighted by molar-refractivity contribution is -0.147. The fourth-order valence-corrected chi connectivity index (χ4v) is 3.10. The van der Waals surface area contributed by atoms with Gasteiger partial charge in [0, 0.05) is 10.7 Å². The van der Waals surface area contributed by atoms with Crippen LogP contribution >= 0.6 is 23.2 Å². The van der Waals surface area contributed by atoms with Crippen LogP contribution in [0.4, 0.5) is 5.69 Å². The number of nitrogens with one attached hydrogen (secondary N) is 3. The quantitative estimate of drug-likeness (QED) is 0.488. The lowest BCUT2D eigenvalue weighted by atomic mass is 9.87. The molecule has 176 valence electrons. The molecule has 0 saturated carbocycles. The number of amides is 3. The van der Waals surface area contributed by atoms with Gasteiger partial charge in [0.25, 0.3) is 11.8 Å². The summed E-state index contributed by atoms with van der Waals surface area (Å²) in [7, 11) is 0. The van der Waals surface area contributed by atoms with Gasteiger partial charge in [-0.1, -0.05) is 56.1 Å². The number of carbonyl (C=O) groups excluding carboxylic acids is 4. The van der Waals surface area contributed by atoms with E-state index in [2.05, 4.69) is 36.7 Å². The van der Waals surface area contributed by atoms with Crippen LogP contribution < -0.4 is 16.0 Å². The van der Waals surface area contributed by atoms with Crippen molar-refractivity contribution in [1.29, 1.82) is 0 Å². The Morgan fingerprint density at radius 2 is 1.55 bits per heavy atom. The third-order valence-electron chi connectivity index (χ3n) is 4.41. The average Bonchev–Trinajstić information content (AvgIpc) is 2.74. The molecule has 0 atom stereocenters. The third kappa shape index (κ3) is 8.75. The molecule has 2 rings (SSSR count). The van der Waals surface area contributed by atoms with Gasteiger partial charge in [-0.25, -0.2) is 0 Å². The highest BCUT2D eigenvalue weighted by atomic mass is 35.5. The number of rotatable bonds is 8. The van der Waals surface area contributed by atoms with E-state index >= 15 is 0 Å². The number of benzene rings is 2. The Bertz CT molecular complexity index is 1030. The number of esters is 1. The van der Waals surface area contributed by atoms with E-state index in [1.165, 1.54) is 18.2 Å². The van der Waals surface area contributed by atoms with Crippen LogP contribution in [0.25, 0.3) is 0 Å². The number of carbonyl (C=O) groups is 4. The molecule has 0 saturated heterocycles. The van der Waals surface area contributed by atoms with Crippen molar-refractivity contribution < 1.29 is 23.9 Å². The van der Waals surface area contributed by atoms with E-state index in [0.29, 0.717) is 10.7 Å². The maximum atomic E-state index is 12.1. The molecule has 0 fully saturated rings. The Morgan fingerprint density at radius 1 is 0.879 bits per heavy atom. The average molecular weight is 494 g/mol. The van der Waals surface area contributed by atoms with Crippen molar-refractivity contribution in [2.24, 2.45) is 0 Å². The molecular weight excluding hydrogens is 469 g/mol. The van der Waals surface area contributed by atoms with Gasteiger partial charge >= 0.3 is 5.97 Å². The molecule has 0 aliphatic heterocycles. The maximum absolute atomic E-state index is 12.1. The van der Waals surface area contributed by atoms with E-state index in [4.69, 9.17) is 27.9 Å². The number of hydrogen-bond donors (Lipinski definition) is 3. The highest BCUT2D eigenvalue weighted by Crippen LogP contribution is 2.23. The predicted octanol–water partition coefficient (Wildman–Crippen LogP) is 3.32. The van der Waals surface area contributed by atoms with Gasteiger partial charge in [0.15, 0.2) is 6.61 Å². The molecule has 10 heteroatoms.